The second kappa shape index (κ2) is 5.59. The molecule has 0 radical (unpaired) electrons. The number of carboxylic acid groups (broad SMARTS) is 1. The predicted molar refractivity (Wildman–Crippen MR) is 77.2 cm³/mol. The monoisotopic (exact) mass is 285 g/mol. The normalized spacial score (nSPS) is 10.0. The van der Waals surface area contributed by atoms with Crippen LogP contribution in [0.5, 0.6) is 0 Å². The topological polar surface area (TPSA) is 57.8 Å². The van der Waals surface area contributed by atoms with Crippen molar-refractivity contribution < 1.29 is 14.3 Å². The number of anilines is 1. The highest BCUT2D eigenvalue weighted by atomic mass is 19.1. The first-order valence-electron chi connectivity index (χ1n) is 6.02. The molecule has 1 heterocycles. The molecule has 1 aromatic carbocycles. The van der Waals surface area contributed by atoms with E-state index < -0.39 is 17.3 Å². The van der Waals surface area contributed by atoms with Gasteiger partial charge in [0, 0.05) is 19.8 Å². The maximum absolute atomic E-state index is 13.4. The van der Waals surface area contributed by atoms with Crippen molar-refractivity contribution in [2.75, 3.05) is 19.0 Å². The van der Waals surface area contributed by atoms with E-state index in [1.807, 2.05) is 14.1 Å². The summed E-state index contributed by atoms with van der Waals surface area (Å²) in [5, 5.41) is 8.93. The van der Waals surface area contributed by atoms with Crippen molar-refractivity contribution in [2.45, 2.75) is 0 Å². The Morgan fingerprint density at radius 3 is 2.67 bits per heavy atom. The fourth-order valence-corrected chi connectivity index (χ4v) is 1.91. The minimum atomic E-state index is -1.36. The largest absolute Gasteiger partial charge is 0.478 e. The molecule has 2 rings (SSSR count). The molecule has 1 aromatic heterocycles. The summed E-state index contributed by atoms with van der Waals surface area (Å²) in [6.45, 7) is 7.21. The number of halogens is 1. The SMILES string of the molecule is [C-]#[N+]c1cc(-c2cc(C(=O)O)c(F)cn2)ccc1N(C)C. The lowest BCUT2D eigenvalue weighted by molar-refractivity contribution is 0.0691. The van der Waals surface area contributed by atoms with Crippen LogP contribution in [-0.4, -0.2) is 30.2 Å². The minimum absolute atomic E-state index is 0.309. The summed E-state index contributed by atoms with van der Waals surface area (Å²) in [6.07, 6.45) is 0.871. The number of rotatable bonds is 3. The zero-order valence-electron chi connectivity index (χ0n) is 11.5. The molecule has 0 aliphatic rings. The van der Waals surface area contributed by atoms with Gasteiger partial charge in [-0.3, -0.25) is 4.98 Å². The average molecular weight is 285 g/mol. The number of hydrogen-bond acceptors (Lipinski definition) is 3. The van der Waals surface area contributed by atoms with Gasteiger partial charge in [-0.1, -0.05) is 6.07 Å². The number of carbonyl (C=O) groups is 1. The zero-order valence-corrected chi connectivity index (χ0v) is 11.5. The van der Waals surface area contributed by atoms with Crippen LogP contribution in [0.4, 0.5) is 15.8 Å². The molecule has 5 nitrogen and oxygen atoms in total. The standard InChI is InChI=1S/C15H12FN3O2/c1-17-13-6-9(4-5-14(13)19(2)3)12-7-10(15(20)21)11(16)8-18-12/h4-8H,2-3H3,(H,20,21). The maximum Gasteiger partial charge on any atom is 0.338 e. The number of nitrogens with zero attached hydrogens (tertiary/aromatic N) is 3. The van der Waals surface area contributed by atoms with Crippen molar-refractivity contribution in [3.05, 3.63) is 53.3 Å². The van der Waals surface area contributed by atoms with Gasteiger partial charge in [-0.15, -0.1) is 0 Å². The van der Waals surface area contributed by atoms with Crippen molar-refractivity contribution in [1.82, 2.24) is 4.98 Å². The van der Waals surface area contributed by atoms with Crippen LogP contribution >= 0.6 is 0 Å². The van der Waals surface area contributed by atoms with Gasteiger partial charge in [0.2, 0.25) is 5.69 Å². The van der Waals surface area contributed by atoms with Crippen LogP contribution in [0.1, 0.15) is 10.4 Å². The lowest BCUT2D eigenvalue weighted by Gasteiger charge is -2.15. The Kier molecular flexibility index (Phi) is 3.85. The molecule has 0 atom stereocenters. The molecule has 0 saturated carbocycles. The van der Waals surface area contributed by atoms with Gasteiger partial charge in [-0.2, -0.15) is 0 Å². The van der Waals surface area contributed by atoms with Gasteiger partial charge in [-0.05, 0) is 23.8 Å². The fourth-order valence-electron chi connectivity index (χ4n) is 1.91. The molecule has 0 aliphatic heterocycles. The van der Waals surface area contributed by atoms with Gasteiger partial charge < -0.3 is 10.0 Å². The van der Waals surface area contributed by atoms with E-state index >= 15 is 0 Å². The zero-order chi connectivity index (χ0) is 15.6. The molecule has 6 heteroatoms. The Morgan fingerprint density at radius 2 is 2.10 bits per heavy atom. The molecule has 0 spiro atoms. The number of pyridine rings is 1. The van der Waals surface area contributed by atoms with E-state index in [9.17, 15) is 9.18 Å². The maximum atomic E-state index is 13.4. The quantitative estimate of drug-likeness (QED) is 0.880. The molecule has 0 saturated heterocycles. The van der Waals surface area contributed by atoms with E-state index in [1.54, 1.807) is 23.1 Å². The summed E-state index contributed by atoms with van der Waals surface area (Å²) in [4.78, 5) is 20.1. The van der Waals surface area contributed by atoms with Gasteiger partial charge in [0.15, 0.2) is 5.82 Å². The smallest absolute Gasteiger partial charge is 0.338 e. The second-order valence-electron chi connectivity index (χ2n) is 4.56. The van der Waals surface area contributed by atoms with Gasteiger partial charge in [0.05, 0.1) is 24.0 Å². The van der Waals surface area contributed by atoms with Crippen molar-refractivity contribution in [3.8, 4) is 11.3 Å². The Balaban J connectivity index is 2.55. The molecule has 1 N–H and O–H groups in total. The molecule has 0 bridgehead atoms. The molecule has 0 amide bonds. The number of hydrogen-bond donors (Lipinski definition) is 1. The van der Waals surface area contributed by atoms with Gasteiger partial charge >= 0.3 is 5.97 Å². The van der Waals surface area contributed by atoms with Crippen molar-refractivity contribution in [1.29, 1.82) is 0 Å². The van der Waals surface area contributed by atoms with Crippen molar-refractivity contribution in [3.63, 3.8) is 0 Å². The van der Waals surface area contributed by atoms with E-state index in [-0.39, 0.29) is 0 Å². The van der Waals surface area contributed by atoms with E-state index in [2.05, 4.69) is 9.83 Å². The van der Waals surface area contributed by atoms with E-state index in [0.717, 1.165) is 18.0 Å². The lowest BCUT2D eigenvalue weighted by atomic mass is 10.1. The Bertz CT molecular complexity index is 751. The van der Waals surface area contributed by atoms with Crippen LogP contribution in [0.25, 0.3) is 16.1 Å². The van der Waals surface area contributed by atoms with Gasteiger partial charge in [0.25, 0.3) is 0 Å². The van der Waals surface area contributed by atoms with Crippen LogP contribution in [0, 0.1) is 12.4 Å². The highest BCUT2D eigenvalue weighted by Gasteiger charge is 2.14. The summed E-state index contributed by atoms with van der Waals surface area (Å²) in [5.74, 6) is -2.24. The first kappa shape index (κ1) is 14.5. The van der Waals surface area contributed by atoms with Crippen molar-refractivity contribution >= 4 is 17.3 Å². The number of carboxylic acids is 1. The number of aromatic nitrogens is 1. The molecule has 21 heavy (non-hydrogen) atoms. The molecule has 0 unspecified atom stereocenters. The Morgan fingerprint density at radius 1 is 1.38 bits per heavy atom. The second-order valence-corrected chi connectivity index (χ2v) is 4.56. The molecule has 106 valence electrons. The summed E-state index contributed by atoms with van der Waals surface area (Å²) in [5.41, 5.74) is 1.59. The highest BCUT2D eigenvalue weighted by molar-refractivity contribution is 5.89. The third kappa shape index (κ3) is 2.82. The van der Waals surface area contributed by atoms with Crippen LogP contribution in [0.3, 0.4) is 0 Å². The number of benzene rings is 1. The fraction of sp³-hybridized carbons (Fsp3) is 0.133. The minimum Gasteiger partial charge on any atom is -0.478 e. The van der Waals surface area contributed by atoms with Crippen molar-refractivity contribution in [2.24, 2.45) is 0 Å². The number of aromatic carboxylic acids is 1. The van der Waals surface area contributed by atoms with Crippen LogP contribution in [0.15, 0.2) is 30.5 Å². The highest BCUT2D eigenvalue weighted by Crippen LogP contribution is 2.32. The van der Waals surface area contributed by atoms with Crippen LogP contribution in [0.2, 0.25) is 0 Å². The predicted octanol–water partition coefficient (Wildman–Crippen LogP) is 3.20. The molecule has 0 fully saturated rings. The summed E-state index contributed by atoms with van der Waals surface area (Å²) in [6, 6.07) is 6.23. The summed E-state index contributed by atoms with van der Waals surface area (Å²) >= 11 is 0. The van der Waals surface area contributed by atoms with Gasteiger partial charge in [0.1, 0.15) is 0 Å². The summed E-state index contributed by atoms with van der Waals surface area (Å²) in [7, 11) is 3.64. The van der Waals surface area contributed by atoms with Crippen LogP contribution in [-0.2, 0) is 0 Å². The van der Waals surface area contributed by atoms with E-state index in [1.165, 1.54) is 0 Å². The third-order valence-corrected chi connectivity index (χ3v) is 2.96. The Labute approximate surface area is 121 Å². The van der Waals surface area contributed by atoms with E-state index in [0.29, 0.717) is 16.9 Å². The Hall–Kier alpha value is -2.94. The van der Waals surface area contributed by atoms with E-state index in [4.69, 9.17) is 11.7 Å². The first-order chi connectivity index (χ1) is 9.93. The summed E-state index contributed by atoms with van der Waals surface area (Å²) < 4.78 is 13.4. The molecule has 0 aliphatic carbocycles. The molecular weight excluding hydrogens is 273 g/mol. The third-order valence-electron chi connectivity index (χ3n) is 2.96. The first-order valence-corrected chi connectivity index (χ1v) is 6.02. The average Bonchev–Trinajstić information content (AvgIpc) is 2.46. The van der Waals surface area contributed by atoms with Gasteiger partial charge in [-0.25, -0.2) is 14.0 Å². The lowest BCUT2D eigenvalue weighted by Crippen LogP contribution is -2.08. The molecular formula is C15H12FN3O2. The van der Waals surface area contributed by atoms with Crippen LogP contribution < -0.4 is 4.90 Å². The molecule has 2 aromatic rings.